The summed E-state index contributed by atoms with van der Waals surface area (Å²) in [6.45, 7) is 4.72. The van der Waals surface area contributed by atoms with Gasteiger partial charge in [-0.05, 0) is 19.9 Å². The number of hydrogen-bond acceptors (Lipinski definition) is 5. The van der Waals surface area contributed by atoms with Gasteiger partial charge >= 0.3 is 0 Å². The van der Waals surface area contributed by atoms with Crippen LogP contribution in [0.2, 0.25) is 0 Å². The van der Waals surface area contributed by atoms with E-state index >= 15 is 0 Å². The van der Waals surface area contributed by atoms with Crippen molar-refractivity contribution in [1.82, 2.24) is 20.1 Å². The first-order valence-corrected chi connectivity index (χ1v) is 6.56. The van der Waals surface area contributed by atoms with Crippen LogP contribution in [0, 0.1) is 6.92 Å². The van der Waals surface area contributed by atoms with Crippen molar-refractivity contribution in [3.63, 3.8) is 0 Å². The zero-order valence-electron chi connectivity index (χ0n) is 10.4. The van der Waals surface area contributed by atoms with Gasteiger partial charge in [0.25, 0.3) is 0 Å². The molecule has 1 atom stereocenters. The van der Waals surface area contributed by atoms with Crippen molar-refractivity contribution in [2.45, 2.75) is 31.5 Å². The van der Waals surface area contributed by atoms with Crippen LogP contribution in [0.15, 0.2) is 5.16 Å². The van der Waals surface area contributed by atoms with Gasteiger partial charge in [-0.2, -0.15) is 0 Å². The van der Waals surface area contributed by atoms with Crippen LogP contribution in [0.3, 0.4) is 0 Å². The number of nitrogens with two attached hydrogens (primary N) is 1. The Kier molecular flexibility index (Phi) is 5.43. The molecule has 0 fully saturated rings. The van der Waals surface area contributed by atoms with Gasteiger partial charge in [0.2, 0.25) is 5.91 Å². The van der Waals surface area contributed by atoms with Crippen LogP contribution >= 0.6 is 11.8 Å². The summed E-state index contributed by atoms with van der Waals surface area (Å²) in [7, 11) is 1.90. The number of aromatic nitrogens is 3. The van der Waals surface area contributed by atoms with Crippen LogP contribution in [0.1, 0.15) is 19.2 Å². The number of nitrogens with one attached hydrogen (secondary N) is 1. The highest BCUT2D eigenvalue weighted by molar-refractivity contribution is 7.99. The smallest absolute Gasteiger partial charge is 0.235 e. The molecule has 1 aromatic rings. The van der Waals surface area contributed by atoms with Crippen LogP contribution in [-0.2, 0) is 11.8 Å². The van der Waals surface area contributed by atoms with Gasteiger partial charge in [-0.25, -0.2) is 0 Å². The highest BCUT2D eigenvalue weighted by Gasteiger charge is 2.16. The van der Waals surface area contributed by atoms with E-state index < -0.39 is 0 Å². The average molecular weight is 257 g/mol. The molecule has 1 rings (SSSR count). The third kappa shape index (κ3) is 4.01. The molecule has 17 heavy (non-hydrogen) atoms. The minimum absolute atomic E-state index is 0.322. The second-order valence-electron chi connectivity index (χ2n) is 3.81. The fourth-order valence-electron chi connectivity index (χ4n) is 1.23. The number of nitrogens with zero attached hydrogens (tertiary/aromatic N) is 3. The molecule has 0 saturated heterocycles. The van der Waals surface area contributed by atoms with E-state index in [1.807, 2.05) is 25.5 Å². The fraction of sp³-hybridized carbons (Fsp3) is 0.700. The molecule has 0 aliphatic heterocycles. The number of carbonyl (C=O) groups excluding carboxylic acids is 1. The molecule has 0 radical (unpaired) electrons. The van der Waals surface area contributed by atoms with Gasteiger partial charge in [-0.3, -0.25) is 4.79 Å². The molecule has 0 aliphatic rings. The first kappa shape index (κ1) is 14.0. The maximum atomic E-state index is 11.2. The summed E-state index contributed by atoms with van der Waals surface area (Å²) in [6, 6.07) is -0.322. The molecule has 0 aliphatic carbocycles. The second-order valence-corrected chi connectivity index (χ2v) is 4.80. The lowest BCUT2D eigenvalue weighted by Crippen LogP contribution is -2.43. The maximum Gasteiger partial charge on any atom is 0.235 e. The van der Waals surface area contributed by atoms with Crippen LogP contribution in [-0.4, -0.2) is 39.0 Å². The van der Waals surface area contributed by atoms with Crippen molar-refractivity contribution in [3.8, 4) is 0 Å². The van der Waals surface area contributed by atoms with Gasteiger partial charge < -0.3 is 15.6 Å². The Morgan fingerprint density at radius 3 is 2.76 bits per heavy atom. The molecule has 7 heteroatoms. The molecular formula is C10H19N5OS. The van der Waals surface area contributed by atoms with Gasteiger partial charge in [0.1, 0.15) is 5.82 Å². The molecule has 1 unspecified atom stereocenters. The molecule has 0 spiro atoms. The van der Waals surface area contributed by atoms with Crippen molar-refractivity contribution in [2.24, 2.45) is 12.8 Å². The molecule has 1 heterocycles. The maximum absolute atomic E-state index is 11.2. The zero-order valence-corrected chi connectivity index (χ0v) is 11.3. The SMILES string of the molecule is CCCNC(CSc1nnc(C)n1C)C(N)=O. The molecule has 6 nitrogen and oxygen atoms in total. The van der Waals surface area contributed by atoms with Crippen molar-refractivity contribution in [1.29, 1.82) is 0 Å². The largest absolute Gasteiger partial charge is 0.368 e. The number of rotatable bonds is 7. The summed E-state index contributed by atoms with van der Waals surface area (Å²) in [5.41, 5.74) is 5.33. The lowest BCUT2D eigenvalue weighted by Gasteiger charge is -2.13. The number of thioether (sulfide) groups is 1. The van der Waals surface area contributed by atoms with Crippen LogP contribution in [0.4, 0.5) is 0 Å². The molecule has 0 aromatic carbocycles. The molecule has 1 aromatic heterocycles. The van der Waals surface area contributed by atoms with Gasteiger partial charge in [0, 0.05) is 12.8 Å². The number of hydrogen-bond donors (Lipinski definition) is 2. The van der Waals surface area contributed by atoms with Gasteiger partial charge in [-0.15, -0.1) is 10.2 Å². The lowest BCUT2D eigenvalue weighted by atomic mass is 10.3. The zero-order chi connectivity index (χ0) is 12.8. The van der Waals surface area contributed by atoms with E-state index in [1.165, 1.54) is 11.8 Å². The topological polar surface area (TPSA) is 85.8 Å². The molecule has 1 amide bonds. The highest BCUT2D eigenvalue weighted by Crippen LogP contribution is 2.16. The Morgan fingerprint density at radius 1 is 1.59 bits per heavy atom. The normalized spacial score (nSPS) is 12.6. The quantitative estimate of drug-likeness (QED) is 0.675. The van der Waals surface area contributed by atoms with E-state index in [9.17, 15) is 4.79 Å². The van der Waals surface area contributed by atoms with Crippen molar-refractivity contribution < 1.29 is 4.79 Å². The van der Waals surface area contributed by atoms with Crippen LogP contribution in [0.5, 0.6) is 0 Å². The Morgan fingerprint density at radius 2 is 2.29 bits per heavy atom. The summed E-state index contributed by atoms with van der Waals surface area (Å²) in [4.78, 5) is 11.2. The van der Waals surface area contributed by atoms with Crippen LogP contribution < -0.4 is 11.1 Å². The van der Waals surface area contributed by atoms with E-state index in [4.69, 9.17) is 5.73 Å². The van der Waals surface area contributed by atoms with Gasteiger partial charge in [0.05, 0.1) is 6.04 Å². The first-order chi connectivity index (χ1) is 8.06. The summed E-state index contributed by atoms with van der Waals surface area (Å²) < 4.78 is 1.89. The summed E-state index contributed by atoms with van der Waals surface area (Å²) >= 11 is 1.48. The highest BCUT2D eigenvalue weighted by atomic mass is 32.2. The fourth-order valence-corrected chi connectivity index (χ4v) is 2.25. The van der Waals surface area contributed by atoms with Crippen molar-refractivity contribution in [2.75, 3.05) is 12.3 Å². The Labute approximate surface area is 105 Å². The van der Waals surface area contributed by atoms with E-state index in [0.717, 1.165) is 23.9 Å². The average Bonchev–Trinajstić information content (AvgIpc) is 2.60. The molecule has 0 bridgehead atoms. The predicted molar refractivity (Wildman–Crippen MR) is 67.7 cm³/mol. The van der Waals surface area contributed by atoms with Crippen LogP contribution in [0.25, 0.3) is 0 Å². The van der Waals surface area contributed by atoms with E-state index in [0.29, 0.717) is 5.75 Å². The summed E-state index contributed by atoms with van der Waals surface area (Å²) in [5, 5.41) is 11.9. The number of amides is 1. The third-order valence-corrected chi connectivity index (χ3v) is 3.53. The third-order valence-electron chi connectivity index (χ3n) is 2.42. The monoisotopic (exact) mass is 257 g/mol. The van der Waals surface area contributed by atoms with Gasteiger partial charge in [0.15, 0.2) is 5.16 Å². The minimum Gasteiger partial charge on any atom is -0.368 e. The van der Waals surface area contributed by atoms with E-state index in [1.54, 1.807) is 0 Å². The Balaban J connectivity index is 2.51. The van der Waals surface area contributed by atoms with Crippen molar-refractivity contribution >= 4 is 17.7 Å². The summed E-state index contributed by atoms with van der Waals surface area (Å²) in [5.74, 6) is 1.09. The molecule has 3 N–H and O–H groups in total. The first-order valence-electron chi connectivity index (χ1n) is 5.57. The lowest BCUT2D eigenvalue weighted by molar-refractivity contribution is -0.119. The van der Waals surface area contributed by atoms with Crippen molar-refractivity contribution in [3.05, 3.63) is 5.82 Å². The number of carbonyl (C=O) groups is 1. The summed E-state index contributed by atoms with van der Waals surface area (Å²) in [6.07, 6.45) is 0.970. The standard InChI is InChI=1S/C10H19N5OS/c1-4-5-12-8(9(11)16)6-17-10-14-13-7(2)15(10)3/h8,12H,4-6H2,1-3H3,(H2,11,16). The second kappa shape index (κ2) is 6.61. The molecule has 96 valence electrons. The Bertz CT molecular complexity index is 379. The number of aryl methyl sites for hydroxylation is 1. The van der Waals surface area contributed by atoms with E-state index in [-0.39, 0.29) is 11.9 Å². The van der Waals surface area contributed by atoms with E-state index in [2.05, 4.69) is 15.5 Å². The molecular weight excluding hydrogens is 238 g/mol. The predicted octanol–water partition coefficient (Wildman–Crippen LogP) is 0.0691. The molecule has 0 saturated carbocycles. The Hall–Kier alpha value is -1.08. The van der Waals surface area contributed by atoms with Gasteiger partial charge in [-0.1, -0.05) is 18.7 Å². The minimum atomic E-state index is -0.329. The number of primary amides is 1.